The first-order valence-electron chi connectivity index (χ1n) is 15.9. The summed E-state index contributed by atoms with van der Waals surface area (Å²) in [6.45, 7) is 2.99. The van der Waals surface area contributed by atoms with Gasteiger partial charge in [0.2, 0.25) is 0 Å². The number of aromatic hydroxyl groups is 1. The highest BCUT2D eigenvalue weighted by Crippen LogP contribution is 2.47. The number of phenols is 1. The van der Waals surface area contributed by atoms with Gasteiger partial charge in [-0.1, -0.05) is 13.0 Å². The van der Waals surface area contributed by atoms with E-state index >= 15 is 8.78 Å². The second-order valence-corrected chi connectivity index (χ2v) is 13.4. The number of hydrogen-bond donors (Lipinski definition) is 2. The van der Waals surface area contributed by atoms with E-state index in [0.717, 1.165) is 19.3 Å². The van der Waals surface area contributed by atoms with Crippen LogP contribution in [0, 0.1) is 17.5 Å². The Morgan fingerprint density at radius 3 is 2.59 bits per heavy atom. The molecule has 1 aromatic heterocycles. The Bertz CT molecular complexity index is 1880. The summed E-state index contributed by atoms with van der Waals surface area (Å²) in [7, 11) is 0. The lowest BCUT2D eigenvalue weighted by molar-refractivity contribution is 0.00803. The van der Waals surface area contributed by atoms with Crippen LogP contribution in [0.2, 0.25) is 0 Å². The molecule has 12 heteroatoms. The minimum absolute atomic E-state index is 0.000212. The molecule has 7 nitrogen and oxygen atoms in total. The van der Waals surface area contributed by atoms with Crippen LogP contribution in [0.3, 0.4) is 0 Å². The van der Waals surface area contributed by atoms with Crippen LogP contribution in [0.1, 0.15) is 44.6 Å². The molecule has 4 aromatic rings. The summed E-state index contributed by atoms with van der Waals surface area (Å²) in [5.74, 6) is -5.19. The first-order chi connectivity index (χ1) is 22.0. The van der Waals surface area contributed by atoms with Crippen molar-refractivity contribution in [3.8, 4) is 22.9 Å². The zero-order chi connectivity index (χ0) is 32.0. The minimum atomic E-state index is -2.83. The molecular weight excluding hydrogens is 605 g/mol. The van der Waals surface area contributed by atoms with Crippen LogP contribution in [0.15, 0.2) is 30.3 Å². The monoisotopic (exact) mass is 639 g/mol. The first-order valence-corrected chi connectivity index (χ1v) is 15.9. The average Bonchev–Trinajstić information content (AvgIpc) is 3.63. The molecule has 3 atom stereocenters. The second kappa shape index (κ2) is 10.6. The lowest BCUT2D eigenvalue weighted by Crippen LogP contribution is -2.51. The Labute approximate surface area is 262 Å². The van der Waals surface area contributed by atoms with Crippen LogP contribution in [0.25, 0.3) is 32.8 Å². The number of hydrogen-bond acceptors (Lipinski definition) is 7. The zero-order valence-corrected chi connectivity index (χ0v) is 25.4. The zero-order valence-electron chi connectivity index (χ0n) is 25.4. The Kier molecular flexibility index (Phi) is 6.84. The molecule has 4 saturated heterocycles. The van der Waals surface area contributed by atoms with Crippen LogP contribution in [-0.4, -0.2) is 76.3 Å². The molecule has 0 saturated carbocycles. The van der Waals surface area contributed by atoms with Crippen molar-refractivity contribution in [3.63, 3.8) is 0 Å². The highest BCUT2D eigenvalue weighted by atomic mass is 19.3. The van der Waals surface area contributed by atoms with Crippen molar-refractivity contribution in [2.75, 3.05) is 37.7 Å². The Hall–Kier alpha value is -3.77. The van der Waals surface area contributed by atoms with Gasteiger partial charge in [-0.15, -0.1) is 0 Å². The normalized spacial score (nSPS) is 25.6. The van der Waals surface area contributed by atoms with E-state index in [9.17, 15) is 18.3 Å². The number of nitrogens with zero attached hydrogens (tertiary/aromatic N) is 4. The molecule has 2 N–H and O–H groups in total. The number of alkyl halides is 2. The number of aryl methyl sites for hydroxylation is 1. The molecule has 0 aliphatic carbocycles. The summed E-state index contributed by atoms with van der Waals surface area (Å²) in [5.41, 5.74) is -1.26. The number of halogens is 5. The molecule has 8 rings (SSSR count). The molecular formula is C34H34F5N5O2. The summed E-state index contributed by atoms with van der Waals surface area (Å²) in [6, 6.07) is 6.78. The van der Waals surface area contributed by atoms with Gasteiger partial charge in [-0.3, -0.25) is 4.90 Å². The van der Waals surface area contributed by atoms with E-state index in [2.05, 4.69) is 15.3 Å². The van der Waals surface area contributed by atoms with Crippen molar-refractivity contribution in [2.45, 2.75) is 69.0 Å². The molecule has 242 valence electrons. The molecule has 0 radical (unpaired) electrons. The van der Waals surface area contributed by atoms with Crippen LogP contribution in [0.5, 0.6) is 11.8 Å². The number of benzene rings is 3. The minimum Gasteiger partial charge on any atom is -0.508 e. The van der Waals surface area contributed by atoms with E-state index in [1.54, 1.807) is 11.8 Å². The van der Waals surface area contributed by atoms with Crippen LogP contribution in [0.4, 0.5) is 27.8 Å². The van der Waals surface area contributed by atoms with E-state index in [0.29, 0.717) is 42.6 Å². The predicted octanol–water partition coefficient (Wildman–Crippen LogP) is 6.33. The fourth-order valence-corrected chi connectivity index (χ4v) is 8.40. The number of aromatic nitrogens is 2. The number of fused-ring (bicyclic) bond motifs is 5. The number of phenolic OH excluding ortho intramolecular Hbond substituents is 1. The quantitative estimate of drug-likeness (QED) is 0.239. The van der Waals surface area contributed by atoms with Gasteiger partial charge in [-0.2, -0.15) is 9.97 Å². The topological polar surface area (TPSA) is 73.8 Å². The van der Waals surface area contributed by atoms with Gasteiger partial charge in [0.05, 0.1) is 17.6 Å². The van der Waals surface area contributed by atoms with Crippen molar-refractivity contribution < 1.29 is 31.8 Å². The number of anilines is 1. The molecule has 0 amide bonds. The van der Waals surface area contributed by atoms with Gasteiger partial charge >= 0.3 is 6.01 Å². The van der Waals surface area contributed by atoms with E-state index in [4.69, 9.17) is 4.74 Å². The third-order valence-corrected chi connectivity index (χ3v) is 10.4. The molecule has 3 aromatic carbocycles. The van der Waals surface area contributed by atoms with Crippen molar-refractivity contribution in [3.05, 3.63) is 53.3 Å². The van der Waals surface area contributed by atoms with Crippen LogP contribution >= 0.6 is 0 Å². The van der Waals surface area contributed by atoms with Gasteiger partial charge in [0.1, 0.15) is 35.3 Å². The molecule has 0 spiro atoms. The maximum Gasteiger partial charge on any atom is 0.319 e. The van der Waals surface area contributed by atoms with E-state index < -0.39 is 34.5 Å². The number of nitrogens with one attached hydrogen (secondary N) is 1. The lowest BCUT2D eigenvalue weighted by Gasteiger charge is -2.34. The van der Waals surface area contributed by atoms with Gasteiger partial charge in [-0.25, -0.2) is 22.0 Å². The average molecular weight is 640 g/mol. The Balaban J connectivity index is 1.29. The van der Waals surface area contributed by atoms with E-state index in [-0.39, 0.29) is 71.9 Å². The van der Waals surface area contributed by atoms with Gasteiger partial charge in [-0.05, 0) is 84.8 Å². The maximum atomic E-state index is 16.9. The van der Waals surface area contributed by atoms with Crippen molar-refractivity contribution >= 4 is 27.5 Å². The smallest absolute Gasteiger partial charge is 0.319 e. The first kappa shape index (κ1) is 29.6. The third-order valence-electron chi connectivity index (χ3n) is 10.4. The molecule has 1 unspecified atom stereocenters. The van der Waals surface area contributed by atoms with Crippen molar-refractivity contribution in [1.82, 2.24) is 20.2 Å². The van der Waals surface area contributed by atoms with Gasteiger partial charge < -0.3 is 20.1 Å². The largest absolute Gasteiger partial charge is 0.508 e. The molecule has 2 bridgehead atoms. The molecule has 5 heterocycles. The number of rotatable bonds is 6. The van der Waals surface area contributed by atoms with E-state index in [1.165, 1.54) is 30.3 Å². The summed E-state index contributed by atoms with van der Waals surface area (Å²) >= 11 is 0. The highest BCUT2D eigenvalue weighted by molar-refractivity contribution is 6.03. The predicted molar refractivity (Wildman–Crippen MR) is 164 cm³/mol. The maximum absolute atomic E-state index is 16.9. The van der Waals surface area contributed by atoms with Gasteiger partial charge in [0.25, 0.3) is 5.92 Å². The van der Waals surface area contributed by atoms with Gasteiger partial charge in [0.15, 0.2) is 5.82 Å². The standard InChI is InChI=1S/C34H34F5N5O2/c1-2-22-25(35)7-4-18-10-21(45)11-23(27(18)22)28-26(36)12-24-30(29(28)37)41-32(42-31(24)43-13-19-5-6-20(14-43)40-19)46-17-33-8-3-9-44(33)16-34(38,39)15-33/h4,7,10-12,19-20,40,45H,2-3,5-6,8-9,13-17H2,1H3/t19-,20+,33?. The summed E-state index contributed by atoms with van der Waals surface area (Å²) in [4.78, 5) is 12.8. The second-order valence-electron chi connectivity index (χ2n) is 13.4. The SMILES string of the molecule is CCc1c(F)ccc2cc(O)cc(-c3c(F)cc4c(N5C[C@H]6CC[C@@H](C5)N6)nc(OCC56CCCN5CC(F)(F)C6)nc4c3F)c12. The molecule has 4 aliphatic heterocycles. The molecule has 4 fully saturated rings. The Morgan fingerprint density at radius 2 is 1.83 bits per heavy atom. The fourth-order valence-electron chi connectivity index (χ4n) is 8.40. The highest BCUT2D eigenvalue weighted by Gasteiger charge is 2.57. The van der Waals surface area contributed by atoms with E-state index in [1.807, 2.05) is 4.90 Å². The number of piperazine rings is 1. The van der Waals surface area contributed by atoms with Crippen LogP contribution in [-0.2, 0) is 6.42 Å². The summed E-state index contributed by atoms with van der Waals surface area (Å²) in [6.07, 6.45) is 3.15. The van der Waals surface area contributed by atoms with Crippen molar-refractivity contribution in [2.24, 2.45) is 0 Å². The lowest BCUT2D eigenvalue weighted by atomic mass is 9.91. The summed E-state index contributed by atoms with van der Waals surface area (Å²) < 4.78 is 83.1. The number of ether oxygens (including phenoxy) is 1. The van der Waals surface area contributed by atoms with Gasteiger partial charge in [0, 0.05) is 37.0 Å². The van der Waals surface area contributed by atoms with Crippen molar-refractivity contribution in [1.29, 1.82) is 0 Å². The third kappa shape index (κ3) is 4.74. The van der Waals surface area contributed by atoms with Crippen LogP contribution < -0.4 is 15.0 Å². The fraction of sp³-hybridized carbons (Fsp3) is 0.471. The Morgan fingerprint density at radius 1 is 1.04 bits per heavy atom. The molecule has 4 aliphatic rings. The summed E-state index contributed by atoms with van der Waals surface area (Å²) in [5, 5.41) is 15.0. The molecule has 46 heavy (non-hydrogen) atoms.